The van der Waals surface area contributed by atoms with Crippen LogP contribution in [0.5, 0.6) is 0 Å². The van der Waals surface area contributed by atoms with Crippen LogP contribution in [0.1, 0.15) is 12.8 Å². The molecule has 1 N–H and O–H groups in total. The van der Waals surface area contributed by atoms with Gasteiger partial charge in [0.05, 0.1) is 11.1 Å². The van der Waals surface area contributed by atoms with Crippen LogP contribution in [0, 0.1) is 0 Å². The molecule has 1 aromatic heterocycles. The van der Waals surface area contributed by atoms with Crippen LogP contribution in [0.15, 0.2) is 15.7 Å². The van der Waals surface area contributed by atoms with Crippen molar-refractivity contribution in [2.75, 3.05) is 19.7 Å². The van der Waals surface area contributed by atoms with Crippen molar-refractivity contribution in [2.45, 2.75) is 23.2 Å². The second-order valence-corrected chi connectivity index (χ2v) is 7.82. The number of piperidine rings is 1. The standard InChI is InChI=1S/C11H14ClNO5S2/c12-9-3-6-19-11(9)20(16,17)13-4-1-8(2-5-13)18-7-10(14)15/h3,6,8H,1-2,4-5,7H2,(H,14,15). The molecule has 0 bridgehead atoms. The van der Waals surface area contributed by atoms with Gasteiger partial charge in [-0.25, -0.2) is 13.2 Å². The summed E-state index contributed by atoms with van der Waals surface area (Å²) in [5.74, 6) is -1.02. The van der Waals surface area contributed by atoms with Gasteiger partial charge >= 0.3 is 5.97 Å². The topological polar surface area (TPSA) is 83.9 Å². The summed E-state index contributed by atoms with van der Waals surface area (Å²) < 4.78 is 31.4. The Labute approximate surface area is 126 Å². The number of nitrogens with zero attached hydrogens (tertiary/aromatic N) is 1. The fourth-order valence-corrected chi connectivity index (χ4v) is 5.29. The van der Waals surface area contributed by atoms with Crippen molar-refractivity contribution in [3.8, 4) is 0 Å². The second-order valence-electron chi connectivity index (χ2n) is 4.36. The zero-order valence-corrected chi connectivity index (χ0v) is 12.9. The Hall–Kier alpha value is -0.670. The van der Waals surface area contributed by atoms with Crippen LogP contribution in [0.25, 0.3) is 0 Å². The van der Waals surface area contributed by atoms with E-state index >= 15 is 0 Å². The molecule has 1 fully saturated rings. The fraction of sp³-hybridized carbons (Fsp3) is 0.545. The Balaban J connectivity index is 1.97. The number of rotatable bonds is 5. The second kappa shape index (κ2) is 6.40. The average Bonchev–Trinajstić information content (AvgIpc) is 2.84. The summed E-state index contributed by atoms with van der Waals surface area (Å²) in [6.45, 7) is 0.260. The molecule has 6 nitrogen and oxygen atoms in total. The molecule has 1 saturated heterocycles. The lowest BCUT2D eigenvalue weighted by atomic mass is 10.1. The molecule has 0 saturated carbocycles. The third kappa shape index (κ3) is 3.50. The number of thiophene rings is 1. The van der Waals surface area contributed by atoms with Gasteiger partial charge in [0.15, 0.2) is 4.21 Å². The lowest BCUT2D eigenvalue weighted by Gasteiger charge is -2.30. The maximum Gasteiger partial charge on any atom is 0.329 e. The summed E-state index contributed by atoms with van der Waals surface area (Å²) in [6, 6.07) is 1.56. The number of carboxylic acids is 1. The molecule has 2 heterocycles. The molecule has 0 unspecified atom stereocenters. The van der Waals surface area contributed by atoms with Crippen molar-refractivity contribution in [3.05, 3.63) is 16.5 Å². The highest BCUT2D eigenvalue weighted by molar-refractivity contribution is 7.91. The minimum absolute atomic E-state index is 0.157. The van der Waals surface area contributed by atoms with Crippen LogP contribution in [-0.4, -0.2) is 49.6 Å². The third-order valence-electron chi connectivity index (χ3n) is 3.00. The number of carboxylic acid groups (broad SMARTS) is 1. The first-order valence-corrected chi connectivity index (χ1v) is 8.67. The van der Waals surface area contributed by atoms with Crippen molar-refractivity contribution in [2.24, 2.45) is 0 Å². The smallest absolute Gasteiger partial charge is 0.329 e. The molecular weight excluding hydrogens is 326 g/mol. The highest BCUT2D eigenvalue weighted by Crippen LogP contribution is 2.31. The van der Waals surface area contributed by atoms with E-state index < -0.39 is 16.0 Å². The van der Waals surface area contributed by atoms with E-state index in [2.05, 4.69) is 0 Å². The molecule has 1 aliphatic heterocycles. The summed E-state index contributed by atoms with van der Waals surface area (Å²) in [6.07, 6.45) is 0.752. The number of carbonyl (C=O) groups is 1. The minimum Gasteiger partial charge on any atom is -0.480 e. The summed E-state index contributed by atoms with van der Waals surface area (Å²) in [5, 5.41) is 10.4. The highest BCUT2D eigenvalue weighted by atomic mass is 35.5. The monoisotopic (exact) mass is 339 g/mol. The van der Waals surface area contributed by atoms with Crippen molar-refractivity contribution < 1.29 is 23.1 Å². The number of ether oxygens (including phenoxy) is 1. The van der Waals surface area contributed by atoms with Gasteiger partial charge in [0, 0.05) is 13.1 Å². The van der Waals surface area contributed by atoms with Crippen molar-refractivity contribution >= 4 is 38.9 Å². The molecule has 2 rings (SSSR count). The molecule has 0 amide bonds. The third-order valence-corrected chi connectivity index (χ3v) is 6.90. The van der Waals surface area contributed by atoms with Gasteiger partial charge in [0.25, 0.3) is 10.0 Å². The summed E-state index contributed by atoms with van der Waals surface area (Å²) in [5.41, 5.74) is 0. The van der Waals surface area contributed by atoms with E-state index in [4.69, 9.17) is 21.4 Å². The molecule has 0 spiro atoms. The molecule has 1 aliphatic rings. The Kier molecular flexibility index (Phi) is 5.03. The van der Waals surface area contributed by atoms with Gasteiger partial charge in [-0.05, 0) is 24.3 Å². The maximum absolute atomic E-state index is 12.4. The maximum atomic E-state index is 12.4. The Bertz CT molecular complexity index is 577. The zero-order chi connectivity index (χ0) is 14.8. The lowest BCUT2D eigenvalue weighted by molar-refractivity contribution is -0.145. The molecule has 0 atom stereocenters. The first-order chi connectivity index (χ1) is 9.41. The molecule has 20 heavy (non-hydrogen) atoms. The molecule has 0 radical (unpaired) electrons. The Morgan fingerprint density at radius 2 is 2.15 bits per heavy atom. The molecule has 1 aromatic rings. The van der Waals surface area contributed by atoms with Crippen molar-refractivity contribution in [3.63, 3.8) is 0 Å². The van der Waals surface area contributed by atoms with E-state index in [0.29, 0.717) is 25.9 Å². The number of hydrogen-bond acceptors (Lipinski definition) is 5. The molecule has 112 valence electrons. The first kappa shape index (κ1) is 15.7. The largest absolute Gasteiger partial charge is 0.480 e. The summed E-state index contributed by atoms with van der Waals surface area (Å²) in [4.78, 5) is 10.4. The summed E-state index contributed by atoms with van der Waals surface area (Å²) in [7, 11) is -3.56. The van der Waals surface area contributed by atoms with Gasteiger partial charge in [-0.1, -0.05) is 11.6 Å². The van der Waals surface area contributed by atoms with Gasteiger partial charge in [-0.3, -0.25) is 0 Å². The van der Waals surface area contributed by atoms with Gasteiger partial charge in [-0.15, -0.1) is 11.3 Å². The van der Waals surface area contributed by atoms with E-state index in [-0.39, 0.29) is 21.9 Å². The number of halogens is 1. The minimum atomic E-state index is -3.56. The van der Waals surface area contributed by atoms with E-state index in [1.165, 1.54) is 4.31 Å². The Morgan fingerprint density at radius 1 is 1.50 bits per heavy atom. The predicted molar refractivity (Wildman–Crippen MR) is 74.7 cm³/mol. The molecular formula is C11H14ClNO5S2. The lowest BCUT2D eigenvalue weighted by Crippen LogP contribution is -2.41. The molecule has 0 aromatic carbocycles. The van der Waals surface area contributed by atoms with Crippen molar-refractivity contribution in [1.82, 2.24) is 4.31 Å². The number of hydrogen-bond donors (Lipinski definition) is 1. The van der Waals surface area contributed by atoms with E-state index in [1.54, 1.807) is 11.4 Å². The first-order valence-electron chi connectivity index (χ1n) is 5.98. The van der Waals surface area contributed by atoms with E-state index in [1.807, 2.05) is 0 Å². The predicted octanol–water partition coefficient (Wildman–Crippen LogP) is 1.66. The van der Waals surface area contributed by atoms with Gasteiger partial charge < -0.3 is 9.84 Å². The quantitative estimate of drug-likeness (QED) is 0.882. The van der Waals surface area contributed by atoms with Crippen LogP contribution in [0.4, 0.5) is 0 Å². The van der Waals surface area contributed by atoms with Crippen LogP contribution >= 0.6 is 22.9 Å². The van der Waals surface area contributed by atoms with Crippen LogP contribution in [0.2, 0.25) is 5.02 Å². The summed E-state index contributed by atoms with van der Waals surface area (Å²) >= 11 is 6.97. The SMILES string of the molecule is O=C(O)COC1CCN(S(=O)(=O)c2sccc2Cl)CC1. The molecule has 0 aliphatic carbocycles. The fourth-order valence-electron chi connectivity index (χ4n) is 2.01. The van der Waals surface area contributed by atoms with Gasteiger partial charge in [0.2, 0.25) is 0 Å². The molecule has 9 heteroatoms. The van der Waals surface area contributed by atoms with Gasteiger partial charge in [-0.2, -0.15) is 4.31 Å². The van der Waals surface area contributed by atoms with Crippen LogP contribution in [0.3, 0.4) is 0 Å². The van der Waals surface area contributed by atoms with Crippen LogP contribution in [-0.2, 0) is 19.6 Å². The highest BCUT2D eigenvalue weighted by Gasteiger charge is 2.32. The van der Waals surface area contributed by atoms with Gasteiger partial charge in [0.1, 0.15) is 6.61 Å². The van der Waals surface area contributed by atoms with E-state index in [0.717, 1.165) is 11.3 Å². The number of sulfonamides is 1. The number of aliphatic carboxylic acids is 1. The Morgan fingerprint density at radius 3 is 2.65 bits per heavy atom. The van der Waals surface area contributed by atoms with E-state index in [9.17, 15) is 13.2 Å². The van der Waals surface area contributed by atoms with Crippen molar-refractivity contribution in [1.29, 1.82) is 0 Å². The zero-order valence-electron chi connectivity index (χ0n) is 10.5. The normalized spacial score (nSPS) is 18.2. The average molecular weight is 340 g/mol. The van der Waals surface area contributed by atoms with Crippen LogP contribution < -0.4 is 0 Å².